The summed E-state index contributed by atoms with van der Waals surface area (Å²) in [7, 11) is 1.63. The van der Waals surface area contributed by atoms with E-state index in [0.29, 0.717) is 13.0 Å². The molecule has 2 aliphatic rings. The zero-order chi connectivity index (χ0) is 15.7. The minimum Gasteiger partial charge on any atom is -0.444 e. The molecule has 1 spiro atoms. The summed E-state index contributed by atoms with van der Waals surface area (Å²) >= 11 is 0. The summed E-state index contributed by atoms with van der Waals surface area (Å²) in [4.78, 5) is 24.7. The van der Waals surface area contributed by atoms with E-state index in [1.54, 1.807) is 11.9 Å². The summed E-state index contributed by atoms with van der Waals surface area (Å²) in [5, 5.41) is 2.57. The topological polar surface area (TPSA) is 67.9 Å². The molecule has 2 amide bonds. The summed E-state index contributed by atoms with van der Waals surface area (Å²) < 4.78 is 11.0. The Hall–Kier alpha value is -1.30. The van der Waals surface area contributed by atoms with Crippen molar-refractivity contribution >= 4 is 12.0 Å². The van der Waals surface area contributed by atoms with Gasteiger partial charge in [-0.15, -0.1) is 0 Å². The van der Waals surface area contributed by atoms with Crippen molar-refractivity contribution in [3.8, 4) is 0 Å². The monoisotopic (exact) mass is 298 g/mol. The van der Waals surface area contributed by atoms with Crippen molar-refractivity contribution in [1.82, 2.24) is 10.2 Å². The van der Waals surface area contributed by atoms with Crippen LogP contribution in [0, 0.1) is 5.41 Å². The number of likely N-dealkylation sites (tertiary alicyclic amines) is 1. The van der Waals surface area contributed by atoms with Gasteiger partial charge >= 0.3 is 6.09 Å². The molecule has 0 aromatic carbocycles. The fourth-order valence-corrected chi connectivity index (χ4v) is 2.94. The first-order chi connectivity index (χ1) is 9.73. The van der Waals surface area contributed by atoms with Crippen LogP contribution in [-0.4, -0.2) is 55.3 Å². The van der Waals surface area contributed by atoms with E-state index >= 15 is 0 Å². The van der Waals surface area contributed by atoms with Crippen LogP contribution in [0.15, 0.2) is 0 Å². The SMILES string of the molecule is CNC(=O)CCOC1CC2(C1)CN(C(=O)OC(C)(C)C)C2. The van der Waals surface area contributed by atoms with Crippen molar-refractivity contribution in [2.45, 2.75) is 51.7 Å². The quantitative estimate of drug-likeness (QED) is 0.855. The highest BCUT2D eigenvalue weighted by atomic mass is 16.6. The van der Waals surface area contributed by atoms with Gasteiger partial charge in [0.25, 0.3) is 0 Å². The molecule has 1 N–H and O–H groups in total. The molecule has 6 heteroatoms. The maximum absolute atomic E-state index is 11.9. The summed E-state index contributed by atoms with van der Waals surface area (Å²) in [5.41, 5.74) is -0.209. The van der Waals surface area contributed by atoms with Crippen molar-refractivity contribution in [3.05, 3.63) is 0 Å². The summed E-state index contributed by atoms with van der Waals surface area (Å²) in [5.74, 6) is 0.00350. The Balaban J connectivity index is 1.61. The van der Waals surface area contributed by atoms with Crippen molar-refractivity contribution < 1.29 is 19.1 Å². The van der Waals surface area contributed by atoms with Gasteiger partial charge in [0.05, 0.1) is 12.7 Å². The summed E-state index contributed by atoms with van der Waals surface area (Å²) in [6.07, 6.45) is 2.36. The molecular formula is C15H26N2O4. The van der Waals surface area contributed by atoms with Gasteiger partial charge in [-0.05, 0) is 33.6 Å². The molecule has 1 saturated heterocycles. The zero-order valence-corrected chi connectivity index (χ0v) is 13.4. The van der Waals surface area contributed by atoms with E-state index in [1.165, 1.54) is 0 Å². The normalized spacial score (nSPS) is 20.7. The van der Waals surface area contributed by atoms with Gasteiger partial charge in [-0.3, -0.25) is 4.79 Å². The van der Waals surface area contributed by atoms with E-state index in [1.807, 2.05) is 20.8 Å². The van der Waals surface area contributed by atoms with Crippen LogP contribution in [0.1, 0.15) is 40.0 Å². The Morgan fingerprint density at radius 2 is 1.90 bits per heavy atom. The number of nitrogens with zero attached hydrogens (tertiary/aromatic N) is 1. The van der Waals surface area contributed by atoms with Crippen molar-refractivity contribution in [3.63, 3.8) is 0 Å². The van der Waals surface area contributed by atoms with Gasteiger partial charge in [-0.2, -0.15) is 0 Å². The van der Waals surface area contributed by atoms with Gasteiger partial charge in [-0.25, -0.2) is 4.79 Å². The molecule has 120 valence electrons. The van der Waals surface area contributed by atoms with E-state index in [-0.39, 0.29) is 23.5 Å². The van der Waals surface area contributed by atoms with Crippen LogP contribution in [-0.2, 0) is 14.3 Å². The first-order valence-electron chi connectivity index (χ1n) is 7.53. The lowest BCUT2D eigenvalue weighted by atomic mass is 9.62. The molecule has 1 heterocycles. The molecule has 6 nitrogen and oxygen atoms in total. The maximum atomic E-state index is 11.9. The first kappa shape index (κ1) is 16.1. The van der Waals surface area contributed by atoms with Gasteiger partial charge in [0, 0.05) is 32.0 Å². The van der Waals surface area contributed by atoms with Crippen molar-refractivity contribution in [1.29, 1.82) is 0 Å². The second kappa shape index (κ2) is 5.83. The van der Waals surface area contributed by atoms with E-state index in [2.05, 4.69) is 5.32 Å². The molecule has 21 heavy (non-hydrogen) atoms. The Labute approximate surface area is 126 Å². The van der Waals surface area contributed by atoms with Gasteiger partial charge in [-0.1, -0.05) is 0 Å². The summed E-state index contributed by atoms with van der Waals surface area (Å²) in [6, 6.07) is 0. The lowest BCUT2D eigenvalue weighted by Crippen LogP contribution is -2.65. The van der Waals surface area contributed by atoms with Gasteiger partial charge in [0.15, 0.2) is 0 Å². The van der Waals surface area contributed by atoms with Crippen molar-refractivity contribution in [2.75, 3.05) is 26.7 Å². The molecule has 1 aliphatic carbocycles. The number of nitrogens with one attached hydrogen (secondary N) is 1. The third-order valence-electron chi connectivity index (χ3n) is 3.99. The summed E-state index contributed by atoms with van der Waals surface area (Å²) in [6.45, 7) is 7.62. The third kappa shape index (κ3) is 4.09. The fourth-order valence-electron chi connectivity index (χ4n) is 2.94. The first-order valence-corrected chi connectivity index (χ1v) is 7.53. The maximum Gasteiger partial charge on any atom is 0.410 e. The molecule has 2 rings (SSSR count). The molecule has 0 bridgehead atoms. The van der Waals surface area contributed by atoms with E-state index in [4.69, 9.17) is 9.47 Å². The number of carbonyl (C=O) groups is 2. The lowest BCUT2D eigenvalue weighted by molar-refractivity contribution is -0.149. The molecule has 0 aromatic heterocycles. The van der Waals surface area contributed by atoms with Crippen LogP contribution in [0.5, 0.6) is 0 Å². The second-order valence-electron chi connectivity index (χ2n) is 7.16. The molecule has 2 fully saturated rings. The highest BCUT2D eigenvalue weighted by Crippen LogP contribution is 2.49. The number of carbonyl (C=O) groups excluding carboxylic acids is 2. The fraction of sp³-hybridized carbons (Fsp3) is 0.867. The van der Waals surface area contributed by atoms with Crippen LogP contribution in [0.2, 0.25) is 0 Å². The van der Waals surface area contributed by atoms with Gasteiger partial charge in [0.2, 0.25) is 5.91 Å². The Kier molecular flexibility index (Phi) is 4.46. The minimum atomic E-state index is -0.440. The third-order valence-corrected chi connectivity index (χ3v) is 3.99. The van der Waals surface area contributed by atoms with Crippen LogP contribution >= 0.6 is 0 Å². The van der Waals surface area contributed by atoms with E-state index in [9.17, 15) is 9.59 Å². The van der Waals surface area contributed by atoms with Gasteiger partial charge < -0.3 is 19.7 Å². The molecule has 1 aliphatic heterocycles. The average molecular weight is 298 g/mol. The van der Waals surface area contributed by atoms with E-state index in [0.717, 1.165) is 25.9 Å². The number of rotatable bonds is 4. The smallest absolute Gasteiger partial charge is 0.410 e. The molecule has 0 atom stereocenters. The molecule has 0 aromatic rings. The lowest BCUT2D eigenvalue weighted by Gasteiger charge is -2.58. The molecule has 1 saturated carbocycles. The highest BCUT2D eigenvalue weighted by molar-refractivity contribution is 5.75. The molecule has 0 unspecified atom stereocenters. The minimum absolute atomic E-state index is 0.00350. The van der Waals surface area contributed by atoms with Crippen molar-refractivity contribution in [2.24, 2.45) is 5.41 Å². The number of hydrogen-bond acceptors (Lipinski definition) is 4. The van der Waals surface area contributed by atoms with E-state index < -0.39 is 5.60 Å². The molecular weight excluding hydrogens is 272 g/mol. The highest BCUT2D eigenvalue weighted by Gasteiger charge is 2.54. The van der Waals surface area contributed by atoms with Gasteiger partial charge in [0.1, 0.15) is 5.60 Å². The van der Waals surface area contributed by atoms with Crippen LogP contribution < -0.4 is 5.32 Å². The Bertz CT molecular complexity index is 402. The van der Waals surface area contributed by atoms with Crippen LogP contribution in [0.25, 0.3) is 0 Å². The zero-order valence-electron chi connectivity index (χ0n) is 13.4. The van der Waals surface area contributed by atoms with Crippen LogP contribution in [0.4, 0.5) is 4.79 Å². The number of ether oxygens (including phenoxy) is 2. The molecule has 0 radical (unpaired) electrons. The number of hydrogen-bond donors (Lipinski definition) is 1. The number of amides is 2. The standard InChI is InChI=1S/C15H26N2O4/c1-14(2,3)21-13(19)17-9-15(10-17)7-11(8-15)20-6-5-12(18)16-4/h11H,5-10H2,1-4H3,(H,16,18). The largest absolute Gasteiger partial charge is 0.444 e. The van der Waals surface area contributed by atoms with Crippen LogP contribution in [0.3, 0.4) is 0 Å². The second-order valence-corrected chi connectivity index (χ2v) is 7.16. The Morgan fingerprint density at radius 3 is 2.43 bits per heavy atom. The Morgan fingerprint density at radius 1 is 1.29 bits per heavy atom. The predicted molar refractivity (Wildman–Crippen MR) is 77.9 cm³/mol. The predicted octanol–water partition coefficient (Wildman–Crippen LogP) is 1.54. The average Bonchev–Trinajstić information content (AvgIpc) is 2.26.